The molecule has 1 aromatic rings. The summed E-state index contributed by atoms with van der Waals surface area (Å²) in [7, 11) is 0. The highest BCUT2D eigenvalue weighted by Crippen LogP contribution is 2.44. The summed E-state index contributed by atoms with van der Waals surface area (Å²) in [5.74, 6) is -0.908. The van der Waals surface area contributed by atoms with Gasteiger partial charge in [-0.15, -0.1) is 0 Å². The van der Waals surface area contributed by atoms with Crippen LogP contribution in [0.25, 0.3) is 0 Å². The Morgan fingerprint density at radius 2 is 2.31 bits per heavy atom. The van der Waals surface area contributed by atoms with E-state index in [-0.39, 0.29) is 11.6 Å². The molecule has 16 heavy (non-hydrogen) atoms. The molecule has 2 N–H and O–H groups in total. The second-order valence-electron chi connectivity index (χ2n) is 3.99. The van der Waals surface area contributed by atoms with Crippen molar-refractivity contribution in [3.63, 3.8) is 0 Å². The van der Waals surface area contributed by atoms with Crippen molar-refractivity contribution >= 4 is 5.97 Å². The van der Waals surface area contributed by atoms with Gasteiger partial charge in [0.25, 0.3) is 5.56 Å². The molecule has 0 aliphatic heterocycles. The molecule has 0 bridgehead atoms. The zero-order valence-corrected chi connectivity index (χ0v) is 8.77. The maximum atomic E-state index is 11.5. The van der Waals surface area contributed by atoms with Gasteiger partial charge in [0.2, 0.25) is 0 Å². The van der Waals surface area contributed by atoms with Crippen molar-refractivity contribution in [2.75, 3.05) is 0 Å². The Balaban J connectivity index is 2.47. The number of aromatic carboxylic acids is 1. The third kappa shape index (κ3) is 1.66. The van der Waals surface area contributed by atoms with E-state index in [0.717, 1.165) is 19.0 Å². The molecule has 6 nitrogen and oxygen atoms in total. The van der Waals surface area contributed by atoms with E-state index in [2.05, 4.69) is 0 Å². The van der Waals surface area contributed by atoms with Crippen LogP contribution in [0, 0.1) is 5.92 Å². The lowest BCUT2D eigenvalue weighted by Crippen LogP contribution is -2.33. The number of carboxylic acid groups (broad SMARTS) is 1. The minimum Gasteiger partial charge on any atom is -0.477 e. The Bertz CT molecular complexity index is 542. The number of hydrogen-bond acceptors (Lipinski definition) is 3. The van der Waals surface area contributed by atoms with Crippen molar-refractivity contribution in [3.05, 3.63) is 32.6 Å². The summed E-state index contributed by atoms with van der Waals surface area (Å²) in [6.45, 7) is 2.01. The maximum absolute atomic E-state index is 11.5. The largest absolute Gasteiger partial charge is 0.477 e. The second kappa shape index (κ2) is 3.62. The van der Waals surface area contributed by atoms with Gasteiger partial charge in [-0.2, -0.15) is 0 Å². The number of carboxylic acids is 1. The molecule has 0 amide bonds. The van der Waals surface area contributed by atoms with Crippen molar-refractivity contribution < 1.29 is 9.90 Å². The van der Waals surface area contributed by atoms with E-state index in [1.807, 2.05) is 11.9 Å². The van der Waals surface area contributed by atoms with Gasteiger partial charge in [0.1, 0.15) is 5.56 Å². The number of rotatable bonds is 3. The van der Waals surface area contributed by atoms with Crippen LogP contribution in [-0.4, -0.2) is 20.6 Å². The first kappa shape index (κ1) is 10.7. The van der Waals surface area contributed by atoms with Crippen LogP contribution < -0.4 is 11.2 Å². The Kier molecular flexibility index (Phi) is 2.41. The first-order chi connectivity index (χ1) is 7.54. The lowest BCUT2D eigenvalue weighted by Gasteiger charge is -2.04. The molecule has 86 valence electrons. The number of H-pyrrole nitrogens is 1. The lowest BCUT2D eigenvalue weighted by atomic mass is 10.3. The number of hydrogen-bond donors (Lipinski definition) is 2. The molecule has 0 spiro atoms. The van der Waals surface area contributed by atoms with Gasteiger partial charge in [0, 0.05) is 12.2 Å². The van der Waals surface area contributed by atoms with Crippen LogP contribution in [0.1, 0.15) is 36.2 Å². The number of aromatic nitrogens is 2. The summed E-state index contributed by atoms with van der Waals surface area (Å²) in [5, 5.41) is 8.77. The van der Waals surface area contributed by atoms with Crippen LogP contribution in [0.4, 0.5) is 0 Å². The van der Waals surface area contributed by atoms with Gasteiger partial charge in [-0.3, -0.25) is 14.3 Å². The van der Waals surface area contributed by atoms with E-state index < -0.39 is 17.2 Å². The fourth-order valence-electron chi connectivity index (χ4n) is 1.90. The Labute approximate surface area is 90.5 Å². The van der Waals surface area contributed by atoms with Gasteiger partial charge in [0.05, 0.1) is 0 Å². The Hall–Kier alpha value is -1.85. The minimum atomic E-state index is -1.32. The van der Waals surface area contributed by atoms with Crippen LogP contribution in [0.5, 0.6) is 0 Å². The second-order valence-corrected chi connectivity index (χ2v) is 3.99. The van der Waals surface area contributed by atoms with Gasteiger partial charge in [-0.1, -0.05) is 13.3 Å². The van der Waals surface area contributed by atoms with Crippen molar-refractivity contribution in [2.45, 2.75) is 25.8 Å². The number of nitrogens with zero attached hydrogens (tertiary/aromatic N) is 1. The van der Waals surface area contributed by atoms with Crippen molar-refractivity contribution in [2.24, 2.45) is 5.92 Å². The zero-order chi connectivity index (χ0) is 11.9. The predicted octanol–water partition coefficient (Wildman–Crippen LogP) is 0.206. The molecule has 1 saturated carbocycles. The first-order valence-electron chi connectivity index (χ1n) is 5.13. The van der Waals surface area contributed by atoms with Crippen LogP contribution in [0.2, 0.25) is 0 Å². The van der Waals surface area contributed by atoms with Crippen LogP contribution >= 0.6 is 0 Å². The van der Waals surface area contributed by atoms with E-state index in [0.29, 0.717) is 5.92 Å². The monoisotopic (exact) mass is 224 g/mol. The number of nitrogens with one attached hydrogen (secondary N) is 1. The molecular weight excluding hydrogens is 212 g/mol. The fraction of sp³-hybridized carbons (Fsp3) is 0.500. The standard InChI is InChI=1S/C10H12N2O4/c1-2-5-3-7(5)12-4-6(9(14)15)8(13)11-10(12)16/h4-5,7H,2-3H2,1H3,(H,14,15)(H,11,13,16). The minimum absolute atomic E-state index is 0.0347. The van der Waals surface area contributed by atoms with Crippen molar-refractivity contribution in [1.82, 2.24) is 9.55 Å². The number of carbonyl (C=O) groups is 1. The smallest absolute Gasteiger partial charge is 0.342 e. The van der Waals surface area contributed by atoms with Crippen molar-refractivity contribution in [1.29, 1.82) is 0 Å². The maximum Gasteiger partial charge on any atom is 0.342 e. The Morgan fingerprint density at radius 3 is 2.81 bits per heavy atom. The van der Waals surface area contributed by atoms with Crippen LogP contribution in [0.15, 0.2) is 15.8 Å². The molecule has 0 radical (unpaired) electrons. The highest BCUT2D eigenvalue weighted by atomic mass is 16.4. The Morgan fingerprint density at radius 1 is 1.62 bits per heavy atom. The first-order valence-corrected chi connectivity index (χ1v) is 5.13. The van der Waals surface area contributed by atoms with E-state index in [4.69, 9.17) is 5.11 Å². The third-order valence-electron chi connectivity index (χ3n) is 2.97. The molecule has 6 heteroatoms. The summed E-state index contributed by atoms with van der Waals surface area (Å²) in [5.41, 5.74) is -1.76. The topological polar surface area (TPSA) is 92.2 Å². The molecular formula is C10H12N2O4. The fourth-order valence-corrected chi connectivity index (χ4v) is 1.90. The average Bonchev–Trinajstić information content (AvgIpc) is 2.96. The molecule has 2 rings (SSSR count). The summed E-state index contributed by atoms with van der Waals surface area (Å²) in [6.07, 6.45) is 2.95. The molecule has 0 aromatic carbocycles. The molecule has 0 saturated heterocycles. The van der Waals surface area contributed by atoms with Crippen LogP contribution in [0.3, 0.4) is 0 Å². The highest BCUT2D eigenvalue weighted by molar-refractivity contribution is 5.86. The van der Waals surface area contributed by atoms with E-state index in [9.17, 15) is 14.4 Å². The SMILES string of the molecule is CCC1CC1n1cc(C(=O)O)c(=O)[nH]c1=O. The van der Waals surface area contributed by atoms with E-state index in [1.54, 1.807) is 0 Å². The molecule has 1 aliphatic carbocycles. The molecule has 1 aliphatic rings. The van der Waals surface area contributed by atoms with Gasteiger partial charge in [-0.05, 0) is 12.3 Å². The summed E-state index contributed by atoms with van der Waals surface area (Å²) < 4.78 is 1.32. The quantitative estimate of drug-likeness (QED) is 0.767. The normalized spacial score (nSPS) is 23.1. The lowest BCUT2D eigenvalue weighted by molar-refractivity contribution is 0.0693. The summed E-state index contributed by atoms with van der Waals surface area (Å²) in [4.78, 5) is 35.4. The molecule has 1 aromatic heterocycles. The summed E-state index contributed by atoms with van der Waals surface area (Å²) >= 11 is 0. The zero-order valence-electron chi connectivity index (χ0n) is 8.77. The third-order valence-corrected chi connectivity index (χ3v) is 2.97. The van der Waals surface area contributed by atoms with E-state index >= 15 is 0 Å². The van der Waals surface area contributed by atoms with Crippen molar-refractivity contribution in [3.8, 4) is 0 Å². The summed E-state index contributed by atoms with van der Waals surface area (Å²) in [6, 6.07) is 0.0347. The number of aromatic amines is 1. The van der Waals surface area contributed by atoms with Gasteiger partial charge in [0.15, 0.2) is 0 Å². The molecule has 1 fully saturated rings. The highest BCUT2D eigenvalue weighted by Gasteiger charge is 2.38. The molecule has 1 heterocycles. The molecule has 2 unspecified atom stereocenters. The van der Waals surface area contributed by atoms with Gasteiger partial charge in [-0.25, -0.2) is 9.59 Å². The average molecular weight is 224 g/mol. The predicted molar refractivity (Wildman–Crippen MR) is 55.7 cm³/mol. The van der Waals surface area contributed by atoms with Gasteiger partial charge >= 0.3 is 11.7 Å². The molecule has 2 atom stereocenters. The van der Waals surface area contributed by atoms with Gasteiger partial charge < -0.3 is 5.11 Å². The van der Waals surface area contributed by atoms with E-state index in [1.165, 1.54) is 4.57 Å². The van der Waals surface area contributed by atoms with Crippen LogP contribution in [-0.2, 0) is 0 Å².